The lowest BCUT2D eigenvalue weighted by Crippen LogP contribution is -2.20. The lowest BCUT2D eigenvalue weighted by atomic mass is 9.98. The van der Waals surface area contributed by atoms with E-state index < -0.39 is 0 Å². The Bertz CT molecular complexity index is 611. The molecule has 2 aromatic rings. The third-order valence-electron chi connectivity index (χ3n) is 3.73. The van der Waals surface area contributed by atoms with E-state index in [1.807, 2.05) is 36.4 Å². The molecule has 0 aliphatic heterocycles. The molecular formula is C20H24O2. The fourth-order valence-electron chi connectivity index (χ4n) is 2.57. The van der Waals surface area contributed by atoms with Crippen LogP contribution in [0.25, 0.3) is 11.1 Å². The van der Waals surface area contributed by atoms with Crippen molar-refractivity contribution >= 4 is 5.97 Å². The number of hydrogen-bond donors (Lipinski definition) is 0. The van der Waals surface area contributed by atoms with Crippen molar-refractivity contribution in [3.05, 3.63) is 54.6 Å². The van der Waals surface area contributed by atoms with Crippen molar-refractivity contribution in [3.63, 3.8) is 0 Å². The van der Waals surface area contributed by atoms with E-state index in [4.69, 9.17) is 6.11 Å². The summed E-state index contributed by atoms with van der Waals surface area (Å²) in [7, 11) is 0. The third kappa shape index (κ3) is 4.45. The molecule has 2 rings (SSSR count). The number of ether oxygens (including phenoxy) is 1. The van der Waals surface area contributed by atoms with E-state index in [-0.39, 0.29) is 11.9 Å². The zero-order valence-corrected chi connectivity index (χ0v) is 13.3. The Kier molecular flexibility index (Phi) is 5.65. The van der Waals surface area contributed by atoms with Gasteiger partial charge in [0.1, 0.15) is 5.75 Å². The molecule has 2 nitrogen and oxygen atoms in total. The van der Waals surface area contributed by atoms with Gasteiger partial charge in [-0.25, -0.2) is 0 Å². The van der Waals surface area contributed by atoms with Crippen LogP contribution in [-0.2, 0) is 4.79 Å². The molecule has 116 valence electrons. The smallest absolute Gasteiger partial charge is 0.314 e. The van der Waals surface area contributed by atoms with E-state index >= 15 is 0 Å². The molecule has 0 N–H and O–H groups in total. The van der Waals surface area contributed by atoms with Gasteiger partial charge in [-0.15, -0.1) is 0 Å². The van der Waals surface area contributed by atoms with Crippen LogP contribution in [0, 0.1) is 5.92 Å². The summed E-state index contributed by atoms with van der Waals surface area (Å²) in [6.07, 6.45) is 3.74. The highest BCUT2D eigenvalue weighted by atomic mass is 16.5. The summed E-state index contributed by atoms with van der Waals surface area (Å²) >= 11 is 0. The molecule has 0 saturated carbocycles. The van der Waals surface area contributed by atoms with Crippen LogP contribution in [0.2, 0.25) is 0 Å². The molecule has 2 aromatic carbocycles. The minimum Gasteiger partial charge on any atom is -0.426 e. The van der Waals surface area contributed by atoms with Crippen molar-refractivity contribution in [2.24, 2.45) is 5.92 Å². The second-order valence-electron chi connectivity index (χ2n) is 5.51. The van der Waals surface area contributed by atoms with Gasteiger partial charge in [-0.1, -0.05) is 69.1 Å². The summed E-state index contributed by atoms with van der Waals surface area (Å²) in [5.74, 6) is 0.461. The van der Waals surface area contributed by atoms with E-state index in [0.29, 0.717) is 11.8 Å². The Morgan fingerprint density at radius 2 is 1.55 bits per heavy atom. The maximum Gasteiger partial charge on any atom is 0.314 e. The van der Waals surface area contributed by atoms with Gasteiger partial charge in [0, 0.05) is 0 Å². The first-order valence-corrected chi connectivity index (χ1v) is 8.02. The van der Waals surface area contributed by atoms with Crippen molar-refractivity contribution in [1.29, 1.82) is 0 Å². The largest absolute Gasteiger partial charge is 0.426 e. The molecule has 0 aromatic heterocycles. The average Bonchev–Trinajstić information content (AvgIpc) is 2.56. The molecule has 0 unspecified atom stereocenters. The van der Waals surface area contributed by atoms with Gasteiger partial charge >= 0.3 is 5.97 Å². The molecule has 22 heavy (non-hydrogen) atoms. The van der Waals surface area contributed by atoms with Gasteiger partial charge in [0.25, 0.3) is 0 Å². The van der Waals surface area contributed by atoms with Gasteiger partial charge in [-0.3, -0.25) is 4.79 Å². The average molecular weight is 297 g/mol. The van der Waals surface area contributed by atoms with Crippen molar-refractivity contribution in [1.82, 2.24) is 0 Å². The molecule has 0 saturated heterocycles. The highest BCUT2D eigenvalue weighted by molar-refractivity contribution is 5.75. The standard InChI is InChI=1S/C20H24O2/c1-3-8-18(9-4-2)20(21)22-19-14-12-17(13-15-19)16-10-6-5-7-11-16/h5-7,10-15,18H,3-4,8-9H2,1-2H3/i5D. The Balaban J connectivity index is 2.04. The predicted molar refractivity (Wildman–Crippen MR) is 90.8 cm³/mol. The van der Waals surface area contributed by atoms with Crippen LogP contribution >= 0.6 is 0 Å². The first-order chi connectivity index (χ1) is 11.1. The molecule has 0 fully saturated rings. The van der Waals surface area contributed by atoms with Crippen molar-refractivity contribution in [2.45, 2.75) is 39.5 Å². The second-order valence-corrected chi connectivity index (χ2v) is 5.51. The van der Waals surface area contributed by atoms with Gasteiger partial charge in [0.15, 0.2) is 0 Å². The molecule has 0 amide bonds. The van der Waals surface area contributed by atoms with E-state index in [0.717, 1.165) is 36.8 Å². The van der Waals surface area contributed by atoms with Gasteiger partial charge in [-0.2, -0.15) is 0 Å². The lowest BCUT2D eigenvalue weighted by molar-refractivity contribution is -0.139. The normalized spacial score (nSPS) is 11.3. The Hall–Kier alpha value is -2.09. The summed E-state index contributed by atoms with van der Waals surface area (Å²) in [4.78, 5) is 12.2. The zero-order valence-electron chi connectivity index (χ0n) is 14.3. The van der Waals surface area contributed by atoms with Crippen LogP contribution in [0.1, 0.15) is 40.9 Å². The molecule has 0 aliphatic carbocycles. The first kappa shape index (κ1) is 14.8. The zero-order chi connectivity index (χ0) is 16.7. The maximum absolute atomic E-state index is 12.2. The van der Waals surface area contributed by atoms with Crippen molar-refractivity contribution < 1.29 is 10.9 Å². The second kappa shape index (κ2) is 8.38. The van der Waals surface area contributed by atoms with Gasteiger partial charge < -0.3 is 4.74 Å². The number of carbonyl (C=O) groups excluding carboxylic acids is 1. The van der Waals surface area contributed by atoms with Crippen LogP contribution in [0.5, 0.6) is 5.75 Å². The summed E-state index contributed by atoms with van der Waals surface area (Å²) in [6, 6.07) is 15.4. The summed E-state index contributed by atoms with van der Waals surface area (Å²) in [5.41, 5.74) is 2.09. The highest BCUT2D eigenvalue weighted by Crippen LogP contribution is 2.23. The number of esters is 1. The molecule has 0 bridgehead atoms. The molecule has 0 aliphatic rings. The van der Waals surface area contributed by atoms with Gasteiger partial charge in [0.05, 0.1) is 7.29 Å². The molecule has 0 spiro atoms. The summed E-state index contributed by atoms with van der Waals surface area (Å²) in [6.45, 7) is 4.18. The molecule has 0 heterocycles. The van der Waals surface area contributed by atoms with Crippen LogP contribution in [0.4, 0.5) is 0 Å². The number of carbonyl (C=O) groups is 1. The minimum atomic E-state index is -0.125. The third-order valence-corrected chi connectivity index (χ3v) is 3.73. The van der Waals surface area contributed by atoms with Crippen LogP contribution in [0.15, 0.2) is 54.6 Å². The van der Waals surface area contributed by atoms with E-state index in [1.165, 1.54) is 0 Å². The Labute approximate surface area is 134 Å². The summed E-state index contributed by atoms with van der Waals surface area (Å²) < 4.78 is 13.0. The number of hydrogen-bond acceptors (Lipinski definition) is 2. The van der Waals surface area contributed by atoms with Crippen molar-refractivity contribution in [3.8, 4) is 16.9 Å². The van der Waals surface area contributed by atoms with Gasteiger partial charge in [0.2, 0.25) is 0 Å². The maximum atomic E-state index is 12.2. The van der Waals surface area contributed by atoms with Crippen LogP contribution in [-0.4, -0.2) is 5.97 Å². The fraction of sp³-hybridized carbons (Fsp3) is 0.350. The van der Waals surface area contributed by atoms with Crippen LogP contribution < -0.4 is 4.74 Å². The minimum absolute atomic E-state index is 0.00530. The van der Waals surface area contributed by atoms with Crippen molar-refractivity contribution in [2.75, 3.05) is 0 Å². The molecular weight excluding hydrogens is 272 g/mol. The van der Waals surface area contributed by atoms with Gasteiger partial charge in [-0.05, 0) is 36.1 Å². The number of rotatable bonds is 7. The monoisotopic (exact) mass is 297 g/mol. The lowest BCUT2D eigenvalue weighted by Gasteiger charge is -2.14. The first-order valence-electron chi connectivity index (χ1n) is 8.52. The quantitative estimate of drug-likeness (QED) is 0.500. The highest BCUT2D eigenvalue weighted by Gasteiger charge is 2.18. The van der Waals surface area contributed by atoms with E-state index in [1.54, 1.807) is 12.1 Å². The number of benzene rings is 2. The predicted octanol–water partition coefficient (Wildman–Crippen LogP) is 5.48. The summed E-state index contributed by atoms with van der Waals surface area (Å²) in [5, 5.41) is 0. The van der Waals surface area contributed by atoms with Crippen LogP contribution in [0.3, 0.4) is 0 Å². The fourth-order valence-corrected chi connectivity index (χ4v) is 2.57. The Morgan fingerprint density at radius 3 is 2.09 bits per heavy atom. The molecule has 0 radical (unpaired) electrons. The Morgan fingerprint density at radius 1 is 1.00 bits per heavy atom. The topological polar surface area (TPSA) is 26.3 Å². The molecule has 2 heteroatoms. The molecule has 0 atom stereocenters. The van der Waals surface area contributed by atoms with E-state index in [9.17, 15) is 4.79 Å². The van der Waals surface area contributed by atoms with E-state index in [2.05, 4.69) is 13.8 Å². The SMILES string of the molecule is [2H]c1ccc(-c2ccc(OC(=O)C(CCC)CCC)cc2)cc1.